The molecule has 0 unspecified atom stereocenters. The Balaban J connectivity index is 1.43. The second-order valence-electron chi connectivity index (χ2n) is 5.96. The summed E-state index contributed by atoms with van der Waals surface area (Å²) < 4.78 is 10.8. The first-order valence-electron chi connectivity index (χ1n) is 8.62. The Morgan fingerprint density at radius 3 is 2.74 bits per heavy atom. The normalized spacial score (nSPS) is 10.6. The minimum Gasteiger partial charge on any atom is -0.497 e. The predicted molar refractivity (Wildman–Crippen MR) is 103 cm³/mol. The number of methoxy groups -OCH3 is 1. The van der Waals surface area contributed by atoms with Gasteiger partial charge in [-0.25, -0.2) is 0 Å². The van der Waals surface area contributed by atoms with Gasteiger partial charge in [-0.2, -0.15) is 0 Å². The number of aromatic nitrogens is 2. The molecule has 0 saturated carbocycles. The van der Waals surface area contributed by atoms with Crippen molar-refractivity contribution in [2.45, 2.75) is 19.3 Å². The van der Waals surface area contributed by atoms with Gasteiger partial charge in [-0.15, -0.1) is 10.2 Å². The first kappa shape index (κ1) is 18.9. The van der Waals surface area contributed by atoms with Crippen LogP contribution < -0.4 is 10.1 Å². The molecule has 1 aromatic heterocycles. The standard InChI is InChI=1S/C20H20ClN3O3/c1-26-17-4-2-3-14(13-17)11-12-22-18(25)9-10-19-23-24-20(27-19)15-5-7-16(21)8-6-15/h2-8,13H,9-12H2,1H3,(H,22,25). The maximum absolute atomic E-state index is 12.0. The molecule has 0 aliphatic carbocycles. The average Bonchev–Trinajstić information content (AvgIpc) is 3.16. The van der Waals surface area contributed by atoms with E-state index in [1.54, 1.807) is 19.2 Å². The molecule has 0 spiro atoms. The highest BCUT2D eigenvalue weighted by atomic mass is 35.5. The molecule has 7 heteroatoms. The smallest absolute Gasteiger partial charge is 0.247 e. The van der Waals surface area contributed by atoms with Crippen molar-refractivity contribution in [3.05, 3.63) is 65.0 Å². The number of ether oxygens (including phenoxy) is 1. The molecule has 3 aromatic rings. The highest BCUT2D eigenvalue weighted by Crippen LogP contribution is 2.20. The summed E-state index contributed by atoms with van der Waals surface area (Å²) in [5.74, 6) is 1.61. The van der Waals surface area contributed by atoms with E-state index in [9.17, 15) is 4.79 Å². The quantitative estimate of drug-likeness (QED) is 0.639. The lowest BCUT2D eigenvalue weighted by molar-refractivity contribution is -0.121. The number of aryl methyl sites for hydroxylation is 1. The van der Waals surface area contributed by atoms with Crippen molar-refractivity contribution < 1.29 is 13.9 Å². The van der Waals surface area contributed by atoms with Gasteiger partial charge in [0.05, 0.1) is 7.11 Å². The maximum Gasteiger partial charge on any atom is 0.247 e. The average molecular weight is 386 g/mol. The van der Waals surface area contributed by atoms with E-state index in [0.29, 0.717) is 36.2 Å². The fourth-order valence-corrected chi connectivity index (χ4v) is 2.67. The van der Waals surface area contributed by atoms with Gasteiger partial charge < -0.3 is 14.5 Å². The van der Waals surface area contributed by atoms with Gasteiger partial charge in [0.1, 0.15) is 5.75 Å². The van der Waals surface area contributed by atoms with E-state index in [0.717, 1.165) is 23.3 Å². The molecule has 0 atom stereocenters. The van der Waals surface area contributed by atoms with Gasteiger partial charge in [-0.05, 0) is 48.4 Å². The lowest BCUT2D eigenvalue weighted by atomic mass is 10.1. The number of hydrogen-bond donors (Lipinski definition) is 1. The van der Waals surface area contributed by atoms with Crippen LogP contribution >= 0.6 is 11.6 Å². The van der Waals surface area contributed by atoms with Gasteiger partial charge in [0.2, 0.25) is 17.7 Å². The van der Waals surface area contributed by atoms with Gasteiger partial charge in [0.15, 0.2) is 0 Å². The minimum absolute atomic E-state index is 0.0517. The van der Waals surface area contributed by atoms with Crippen molar-refractivity contribution >= 4 is 17.5 Å². The molecule has 2 aromatic carbocycles. The zero-order valence-corrected chi connectivity index (χ0v) is 15.7. The van der Waals surface area contributed by atoms with Crippen LogP contribution in [0.25, 0.3) is 11.5 Å². The minimum atomic E-state index is -0.0517. The number of amides is 1. The SMILES string of the molecule is COc1cccc(CCNC(=O)CCc2nnc(-c3ccc(Cl)cc3)o2)c1. The van der Waals surface area contributed by atoms with Crippen molar-refractivity contribution in [3.63, 3.8) is 0 Å². The summed E-state index contributed by atoms with van der Waals surface area (Å²) >= 11 is 5.87. The van der Waals surface area contributed by atoms with E-state index in [-0.39, 0.29) is 5.91 Å². The van der Waals surface area contributed by atoms with Gasteiger partial charge in [-0.3, -0.25) is 4.79 Å². The number of hydrogen-bond acceptors (Lipinski definition) is 5. The number of halogens is 1. The summed E-state index contributed by atoms with van der Waals surface area (Å²) in [5, 5.41) is 11.5. The third-order valence-corrected chi connectivity index (χ3v) is 4.25. The molecule has 140 valence electrons. The Labute approximate surface area is 162 Å². The molecule has 0 fully saturated rings. The predicted octanol–water partition coefficient (Wildman–Crippen LogP) is 3.69. The van der Waals surface area contributed by atoms with Crippen LogP contribution in [0.5, 0.6) is 5.75 Å². The fourth-order valence-electron chi connectivity index (χ4n) is 2.55. The summed E-state index contributed by atoms with van der Waals surface area (Å²) in [6.45, 7) is 0.561. The summed E-state index contributed by atoms with van der Waals surface area (Å²) in [4.78, 5) is 12.0. The van der Waals surface area contributed by atoms with E-state index in [1.165, 1.54) is 0 Å². The number of rotatable bonds is 8. The highest BCUT2D eigenvalue weighted by molar-refractivity contribution is 6.30. The molecule has 3 rings (SSSR count). The van der Waals surface area contributed by atoms with E-state index in [2.05, 4.69) is 15.5 Å². The van der Waals surface area contributed by atoms with Crippen molar-refractivity contribution in [2.75, 3.05) is 13.7 Å². The Hall–Kier alpha value is -2.86. The van der Waals surface area contributed by atoms with Gasteiger partial charge >= 0.3 is 0 Å². The largest absolute Gasteiger partial charge is 0.497 e. The topological polar surface area (TPSA) is 77.2 Å². The van der Waals surface area contributed by atoms with Crippen molar-refractivity contribution in [1.29, 1.82) is 0 Å². The second kappa shape index (κ2) is 9.19. The van der Waals surface area contributed by atoms with Crippen LogP contribution in [-0.4, -0.2) is 29.8 Å². The monoisotopic (exact) mass is 385 g/mol. The van der Waals surface area contributed by atoms with Crippen LogP contribution in [0.1, 0.15) is 17.9 Å². The van der Waals surface area contributed by atoms with Gasteiger partial charge in [-0.1, -0.05) is 23.7 Å². The molecule has 1 amide bonds. The van der Waals surface area contributed by atoms with Crippen LogP contribution in [0.4, 0.5) is 0 Å². The summed E-state index contributed by atoms with van der Waals surface area (Å²) in [5.41, 5.74) is 1.90. The van der Waals surface area contributed by atoms with Crippen LogP contribution in [-0.2, 0) is 17.6 Å². The van der Waals surface area contributed by atoms with Crippen LogP contribution in [0.3, 0.4) is 0 Å². The number of benzene rings is 2. The van der Waals surface area contributed by atoms with E-state index >= 15 is 0 Å². The zero-order valence-electron chi connectivity index (χ0n) is 14.9. The van der Waals surface area contributed by atoms with Crippen molar-refractivity contribution in [1.82, 2.24) is 15.5 Å². The van der Waals surface area contributed by atoms with Crippen LogP contribution in [0.2, 0.25) is 5.02 Å². The van der Waals surface area contributed by atoms with E-state index in [1.807, 2.05) is 36.4 Å². The lowest BCUT2D eigenvalue weighted by Crippen LogP contribution is -2.25. The molecule has 0 saturated heterocycles. The number of nitrogens with one attached hydrogen (secondary N) is 1. The summed E-state index contributed by atoms with van der Waals surface area (Å²) in [6.07, 6.45) is 1.43. The Morgan fingerprint density at radius 1 is 1.15 bits per heavy atom. The third-order valence-electron chi connectivity index (χ3n) is 3.99. The molecule has 0 radical (unpaired) electrons. The van der Waals surface area contributed by atoms with Crippen LogP contribution in [0, 0.1) is 0 Å². The van der Waals surface area contributed by atoms with E-state index < -0.39 is 0 Å². The van der Waals surface area contributed by atoms with Crippen molar-refractivity contribution in [2.24, 2.45) is 0 Å². The summed E-state index contributed by atoms with van der Waals surface area (Å²) in [7, 11) is 1.64. The van der Waals surface area contributed by atoms with Gasteiger partial charge in [0.25, 0.3) is 0 Å². The number of carbonyl (C=O) groups excluding carboxylic acids is 1. The Bertz CT molecular complexity index is 893. The van der Waals surface area contributed by atoms with Gasteiger partial charge in [0, 0.05) is 30.0 Å². The first-order chi connectivity index (χ1) is 13.1. The Kier molecular flexibility index (Phi) is 6.44. The zero-order chi connectivity index (χ0) is 19.1. The van der Waals surface area contributed by atoms with E-state index in [4.69, 9.17) is 20.8 Å². The third kappa shape index (κ3) is 5.56. The lowest BCUT2D eigenvalue weighted by Gasteiger charge is -2.06. The highest BCUT2D eigenvalue weighted by Gasteiger charge is 2.10. The molecular formula is C20H20ClN3O3. The maximum atomic E-state index is 12.0. The molecule has 0 aliphatic heterocycles. The molecule has 0 aliphatic rings. The first-order valence-corrected chi connectivity index (χ1v) is 9.00. The number of carbonyl (C=O) groups is 1. The van der Waals surface area contributed by atoms with Crippen molar-refractivity contribution in [3.8, 4) is 17.2 Å². The summed E-state index contributed by atoms with van der Waals surface area (Å²) in [6, 6.07) is 14.9. The molecule has 1 N–H and O–H groups in total. The second-order valence-corrected chi connectivity index (χ2v) is 6.40. The molecule has 0 bridgehead atoms. The fraction of sp³-hybridized carbons (Fsp3) is 0.250. The molecule has 1 heterocycles. The van der Waals surface area contributed by atoms with Crippen LogP contribution in [0.15, 0.2) is 52.9 Å². The number of nitrogens with zero attached hydrogens (tertiary/aromatic N) is 2. The molecular weight excluding hydrogens is 366 g/mol. The molecule has 6 nitrogen and oxygen atoms in total. The molecule has 27 heavy (non-hydrogen) atoms. The Morgan fingerprint density at radius 2 is 1.96 bits per heavy atom.